The zero-order valence-electron chi connectivity index (χ0n) is 11.3. The Labute approximate surface area is 124 Å². The first-order valence-corrected chi connectivity index (χ1v) is 6.51. The highest BCUT2D eigenvalue weighted by atomic mass is 16.2. The van der Waals surface area contributed by atoms with Crippen LogP contribution in [0, 0.1) is 0 Å². The van der Waals surface area contributed by atoms with Gasteiger partial charge < -0.3 is 9.97 Å². The minimum Gasteiger partial charge on any atom is -0.360 e. The summed E-state index contributed by atoms with van der Waals surface area (Å²) in [6, 6.07) is 10.2. The molecular weight excluding hydrogens is 284 g/mol. The van der Waals surface area contributed by atoms with E-state index in [4.69, 9.17) is 0 Å². The van der Waals surface area contributed by atoms with Gasteiger partial charge >= 0.3 is 0 Å². The number of para-hydroxylation sites is 1. The fourth-order valence-corrected chi connectivity index (χ4v) is 2.11. The van der Waals surface area contributed by atoms with E-state index >= 15 is 0 Å². The van der Waals surface area contributed by atoms with Gasteiger partial charge in [0.05, 0.1) is 5.56 Å². The molecule has 3 rings (SSSR count). The molecule has 1 aromatic carbocycles. The SMILES string of the molecule is O=C(NNC(=O)c1c[nH]c2ccccc12)c1ccc[nH]c1=O. The lowest BCUT2D eigenvalue weighted by molar-refractivity contribution is 0.0846. The van der Waals surface area contributed by atoms with Crippen molar-refractivity contribution in [2.24, 2.45) is 0 Å². The number of benzene rings is 1. The lowest BCUT2D eigenvalue weighted by Gasteiger charge is -2.06. The van der Waals surface area contributed by atoms with E-state index in [1.807, 2.05) is 18.2 Å². The van der Waals surface area contributed by atoms with Crippen LogP contribution in [0.2, 0.25) is 0 Å². The number of hydrazine groups is 1. The van der Waals surface area contributed by atoms with Gasteiger partial charge in [-0.05, 0) is 18.2 Å². The molecule has 0 bridgehead atoms. The molecule has 0 atom stereocenters. The molecule has 0 saturated heterocycles. The van der Waals surface area contributed by atoms with Crippen LogP contribution >= 0.6 is 0 Å². The van der Waals surface area contributed by atoms with Gasteiger partial charge in [0.15, 0.2) is 0 Å². The lowest BCUT2D eigenvalue weighted by atomic mass is 10.2. The standard InChI is InChI=1S/C15H12N4O3/c20-13-10(5-3-7-16-13)14(21)18-19-15(22)11-8-17-12-6-2-1-4-9(11)12/h1-8,17H,(H,16,20)(H,18,21)(H,19,22). The Morgan fingerprint density at radius 2 is 1.59 bits per heavy atom. The summed E-state index contributed by atoms with van der Waals surface area (Å²) >= 11 is 0. The van der Waals surface area contributed by atoms with Crippen molar-refractivity contribution in [2.45, 2.75) is 0 Å². The van der Waals surface area contributed by atoms with Crippen LogP contribution in [0.25, 0.3) is 10.9 Å². The van der Waals surface area contributed by atoms with E-state index in [0.717, 1.165) is 10.9 Å². The maximum atomic E-state index is 12.1. The van der Waals surface area contributed by atoms with Gasteiger partial charge in [-0.25, -0.2) is 0 Å². The molecule has 0 aliphatic heterocycles. The minimum atomic E-state index is -0.685. The molecule has 0 unspecified atom stereocenters. The molecule has 7 heteroatoms. The Bertz CT molecular complexity index is 910. The van der Waals surface area contributed by atoms with Crippen molar-refractivity contribution < 1.29 is 9.59 Å². The number of hydrogen-bond donors (Lipinski definition) is 4. The molecule has 0 spiro atoms. The van der Waals surface area contributed by atoms with Crippen LogP contribution in [-0.2, 0) is 0 Å². The van der Waals surface area contributed by atoms with Crippen LogP contribution in [0.4, 0.5) is 0 Å². The monoisotopic (exact) mass is 296 g/mol. The third kappa shape index (κ3) is 2.47. The summed E-state index contributed by atoms with van der Waals surface area (Å²) in [4.78, 5) is 40.8. The summed E-state index contributed by atoms with van der Waals surface area (Å²) in [6.45, 7) is 0. The van der Waals surface area contributed by atoms with Crippen molar-refractivity contribution in [3.05, 3.63) is 70.3 Å². The number of fused-ring (bicyclic) bond motifs is 1. The number of amides is 2. The van der Waals surface area contributed by atoms with E-state index in [1.165, 1.54) is 18.3 Å². The Balaban J connectivity index is 1.74. The normalized spacial score (nSPS) is 10.4. The second-order valence-corrected chi connectivity index (χ2v) is 4.57. The van der Waals surface area contributed by atoms with Crippen LogP contribution < -0.4 is 16.4 Å². The predicted octanol–water partition coefficient (Wildman–Crippen LogP) is 0.931. The van der Waals surface area contributed by atoms with Crippen LogP contribution in [-0.4, -0.2) is 21.8 Å². The van der Waals surface area contributed by atoms with E-state index in [-0.39, 0.29) is 5.56 Å². The van der Waals surface area contributed by atoms with Crippen molar-refractivity contribution in [1.82, 2.24) is 20.8 Å². The van der Waals surface area contributed by atoms with E-state index in [9.17, 15) is 14.4 Å². The van der Waals surface area contributed by atoms with E-state index in [2.05, 4.69) is 20.8 Å². The molecular formula is C15H12N4O3. The summed E-state index contributed by atoms with van der Waals surface area (Å²) < 4.78 is 0. The van der Waals surface area contributed by atoms with Crippen molar-refractivity contribution in [1.29, 1.82) is 0 Å². The summed E-state index contributed by atoms with van der Waals surface area (Å²) in [5, 5.41) is 0.742. The fourth-order valence-electron chi connectivity index (χ4n) is 2.11. The molecule has 0 fully saturated rings. The molecule has 2 aromatic heterocycles. The number of carbonyl (C=O) groups is 2. The largest absolute Gasteiger partial charge is 0.360 e. The van der Waals surface area contributed by atoms with Gasteiger partial charge in [0.25, 0.3) is 17.4 Å². The number of aromatic nitrogens is 2. The Morgan fingerprint density at radius 3 is 2.36 bits per heavy atom. The van der Waals surface area contributed by atoms with Gasteiger partial charge in [0, 0.05) is 23.3 Å². The fraction of sp³-hybridized carbons (Fsp3) is 0. The van der Waals surface area contributed by atoms with Gasteiger partial charge in [-0.3, -0.25) is 25.2 Å². The number of nitrogens with one attached hydrogen (secondary N) is 4. The van der Waals surface area contributed by atoms with Crippen LogP contribution in [0.3, 0.4) is 0 Å². The third-order valence-corrected chi connectivity index (χ3v) is 3.19. The molecule has 2 heterocycles. The number of hydrogen-bond acceptors (Lipinski definition) is 3. The zero-order chi connectivity index (χ0) is 15.5. The summed E-state index contributed by atoms with van der Waals surface area (Å²) in [5.74, 6) is -1.16. The van der Waals surface area contributed by atoms with Gasteiger partial charge in [-0.1, -0.05) is 18.2 Å². The molecule has 3 aromatic rings. The highest BCUT2D eigenvalue weighted by molar-refractivity contribution is 6.07. The Kier molecular flexibility index (Phi) is 3.45. The van der Waals surface area contributed by atoms with E-state index < -0.39 is 17.4 Å². The molecule has 7 nitrogen and oxygen atoms in total. The third-order valence-electron chi connectivity index (χ3n) is 3.19. The summed E-state index contributed by atoms with van der Waals surface area (Å²) in [5.41, 5.74) is 5.12. The molecule has 22 heavy (non-hydrogen) atoms. The van der Waals surface area contributed by atoms with E-state index in [0.29, 0.717) is 5.56 Å². The first-order valence-electron chi connectivity index (χ1n) is 6.51. The molecule has 4 N–H and O–H groups in total. The van der Waals surface area contributed by atoms with Crippen LogP contribution in [0.15, 0.2) is 53.6 Å². The number of H-pyrrole nitrogens is 2. The quantitative estimate of drug-likeness (QED) is 0.528. The minimum absolute atomic E-state index is 0.0817. The predicted molar refractivity (Wildman–Crippen MR) is 80.3 cm³/mol. The van der Waals surface area contributed by atoms with Gasteiger partial charge in [-0.2, -0.15) is 0 Å². The van der Waals surface area contributed by atoms with Gasteiger partial charge in [0.1, 0.15) is 5.56 Å². The van der Waals surface area contributed by atoms with Crippen molar-refractivity contribution in [3.63, 3.8) is 0 Å². The van der Waals surface area contributed by atoms with Gasteiger partial charge in [-0.15, -0.1) is 0 Å². The topological polar surface area (TPSA) is 107 Å². The number of aromatic amines is 2. The summed E-state index contributed by atoms with van der Waals surface area (Å²) in [7, 11) is 0. The van der Waals surface area contributed by atoms with Gasteiger partial charge in [0.2, 0.25) is 0 Å². The van der Waals surface area contributed by atoms with Crippen LogP contribution in [0.1, 0.15) is 20.7 Å². The maximum Gasteiger partial charge on any atom is 0.275 e. The lowest BCUT2D eigenvalue weighted by Crippen LogP contribution is -2.43. The average molecular weight is 296 g/mol. The molecule has 0 aliphatic rings. The molecule has 0 saturated carbocycles. The van der Waals surface area contributed by atoms with E-state index in [1.54, 1.807) is 12.3 Å². The zero-order valence-corrected chi connectivity index (χ0v) is 11.3. The maximum absolute atomic E-state index is 12.1. The van der Waals surface area contributed by atoms with Crippen LogP contribution in [0.5, 0.6) is 0 Å². The molecule has 0 radical (unpaired) electrons. The highest BCUT2D eigenvalue weighted by Gasteiger charge is 2.14. The van der Waals surface area contributed by atoms with Crippen molar-refractivity contribution in [3.8, 4) is 0 Å². The first kappa shape index (κ1) is 13.6. The Hall–Kier alpha value is -3.35. The highest BCUT2D eigenvalue weighted by Crippen LogP contribution is 2.17. The van der Waals surface area contributed by atoms with Crippen molar-refractivity contribution in [2.75, 3.05) is 0 Å². The van der Waals surface area contributed by atoms with Crippen molar-refractivity contribution >= 4 is 22.7 Å². The number of rotatable bonds is 2. The summed E-state index contributed by atoms with van der Waals surface area (Å²) in [6.07, 6.45) is 2.98. The Morgan fingerprint density at radius 1 is 0.864 bits per heavy atom. The second kappa shape index (κ2) is 5.57. The second-order valence-electron chi connectivity index (χ2n) is 4.57. The smallest absolute Gasteiger partial charge is 0.275 e. The molecule has 110 valence electrons. The first-order chi connectivity index (χ1) is 10.7. The number of carbonyl (C=O) groups excluding carboxylic acids is 2. The molecule has 0 aliphatic carbocycles. The average Bonchev–Trinajstić information content (AvgIpc) is 2.97. The number of pyridine rings is 1. The molecule has 2 amide bonds.